The van der Waals surface area contributed by atoms with Gasteiger partial charge in [0.05, 0.1) is 5.56 Å². The van der Waals surface area contributed by atoms with Crippen molar-refractivity contribution >= 4 is 34.1 Å². The van der Waals surface area contributed by atoms with Gasteiger partial charge in [0.15, 0.2) is 0 Å². The topological polar surface area (TPSA) is 73.1 Å². The SMILES string of the molecule is O=C(Nc1cccc(C(F)(F)F)c1)Nc1cccc2c1CCN2Cc1c[nH]c2ncccc12. The molecular weight excluding hydrogens is 431 g/mol. The largest absolute Gasteiger partial charge is 0.416 e. The number of amides is 2. The molecule has 0 aliphatic carbocycles. The third-order valence-electron chi connectivity index (χ3n) is 5.72. The van der Waals surface area contributed by atoms with Crippen molar-refractivity contribution in [3.63, 3.8) is 0 Å². The van der Waals surface area contributed by atoms with Gasteiger partial charge in [-0.15, -0.1) is 0 Å². The van der Waals surface area contributed by atoms with Crippen molar-refractivity contribution in [3.8, 4) is 0 Å². The minimum Gasteiger partial charge on any atom is -0.367 e. The highest BCUT2D eigenvalue weighted by atomic mass is 19.4. The predicted octanol–water partition coefficient (Wildman–Crippen LogP) is 5.79. The number of carbonyl (C=O) groups is 1. The second kappa shape index (κ2) is 8.16. The lowest BCUT2D eigenvalue weighted by molar-refractivity contribution is -0.137. The number of urea groups is 1. The van der Waals surface area contributed by atoms with Crippen LogP contribution in [0.2, 0.25) is 0 Å². The number of benzene rings is 2. The summed E-state index contributed by atoms with van der Waals surface area (Å²) in [5.74, 6) is 0. The highest BCUT2D eigenvalue weighted by Crippen LogP contribution is 2.35. The van der Waals surface area contributed by atoms with Crippen molar-refractivity contribution in [1.82, 2.24) is 9.97 Å². The first-order chi connectivity index (χ1) is 15.9. The van der Waals surface area contributed by atoms with E-state index in [0.717, 1.165) is 52.9 Å². The first kappa shape index (κ1) is 20.9. The van der Waals surface area contributed by atoms with E-state index in [1.54, 1.807) is 12.3 Å². The van der Waals surface area contributed by atoms with Gasteiger partial charge in [0.2, 0.25) is 0 Å². The van der Waals surface area contributed by atoms with Crippen LogP contribution >= 0.6 is 0 Å². The first-order valence-electron chi connectivity index (χ1n) is 10.4. The molecule has 9 heteroatoms. The van der Waals surface area contributed by atoms with Gasteiger partial charge in [-0.2, -0.15) is 13.2 Å². The lowest BCUT2D eigenvalue weighted by Gasteiger charge is -2.19. The molecule has 0 bridgehead atoms. The third kappa shape index (κ3) is 4.21. The fourth-order valence-electron chi connectivity index (χ4n) is 4.19. The van der Waals surface area contributed by atoms with Crippen LogP contribution in [0.15, 0.2) is 67.0 Å². The highest BCUT2D eigenvalue weighted by molar-refractivity contribution is 6.01. The number of halogens is 3. The molecule has 3 N–H and O–H groups in total. The molecule has 0 atom stereocenters. The smallest absolute Gasteiger partial charge is 0.367 e. The molecule has 33 heavy (non-hydrogen) atoms. The minimum absolute atomic E-state index is 0.0736. The van der Waals surface area contributed by atoms with Gasteiger partial charge in [-0.1, -0.05) is 12.1 Å². The number of hydrogen-bond acceptors (Lipinski definition) is 3. The second-order valence-electron chi connectivity index (χ2n) is 7.85. The summed E-state index contributed by atoms with van der Waals surface area (Å²) in [5, 5.41) is 6.34. The summed E-state index contributed by atoms with van der Waals surface area (Å²) >= 11 is 0. The van der Waals surface area contributed by atoms with Gasteiger partial charge in [0, 0.05) is 53.5 Å². The van der Waals surface area contributed by atoms with E-state index in [9.17, 15) is 18.0 Å². The maximum absolute atomic E-state index is 12.9. The number of nitrogens with zero attached hydrogens (tertiary/aromatic N) is 2. The van der Waals surface area contributed by atoms with Crippen LogP contribution in [0.4, 0.5) is 35.0 Å². The number of carbonyl (C=O) groups excluding carboxylic acids is 1. The van der Waals surface area contributed by atoms with Crippen LogP contribution < -0.4 is 15.5 Å². The zero-order chi connectivity index (χ0) is 23.0. The average Bonchev–Trinajstić information content (AvgIpc) is 3.39. The molecular formula is C24H20F3N5O. The Labute approximate surface area is 187 Å². The van der Waals surface area contributed by atoms with E-state index in [0.29, 0.717) is 12.2 Å². The van der Waals surface area contributed by atoms with Crippen LogP contribution in [0, 0.1) is 0 Å². The second-order valence-corrected chi connectivity index (χ2v) is 7.85. The lowest BCUT2D eigenvalue weighted by Crippen LogP contribution is -2.20. The number of rotatable bonds is 4. The Balaban J connectivity index is 1.31. The van der Waals surface area contributed by atoms with Gasteiger partial charge < -0.3 is 20.5 Å². The van der Waals surface area contributed by atoms with Gasteiger partial charge in [0.1, 0.15) is 5.65 Å². The molecule has 1 aliphatic rings. The molecule has 0 unspecified atom stereocenters. The van der Waals surface area contributed by atoms with Crippen molar-refractivity contribution in [1.29, 1.82) is 0 Å². The molecule has 1 aliphatic heterocycles. The van der Waals surface area contributed by atoms with Crippen LogP contribution in [-0.2, 0) is 19.1 Å². The molecule has 5 rings (SSSR count). The van der Waals surface area contributed by atoms with E-state index >= 15 is 0 Å². The molecule has 168 valence electrons. The predicted molar refractivity (Wildman–Crippen MR) is 121 cm³/mol. The summed E-state index contributed by atoms with van der Waals surface area (Å²) in [6, 6.07) is 13.5. The van der Waals surface area contributed by atoms with Crippen LogP contribution in [-0.4, -0.2) is 22.5 Å². The van der Waals surface area contributed by atoms with Gasteiger partial charge in [-0.3, -0.25) is 0 Å². The molecule has 4 aromatic rings. The average molecular weight is 451 g/mol. The fraction of sp³-hybridized carbons (Fsp3) is 0.167. The van der Waals surface area contributed by atoms with E-state index in [1.165, 1.54) is 12.1 Å². The molecule has 0 fully saturated rings. The number of hydrogen-bond donors (Lipinski definition) is 3. The van der Waals surface area contributed by atoms with Gasteiger partial charge in [-0.25, -0.2) is 9.78 Å². The summed E-state index contributed by atoms with van der Waals surface area (Å²) in [7, 11) is 0. The number of fused-ring (bicyclic) bond motifs is 2. The Hall–Kier alpha value is -4.01. The number of pyridine rings is 1. The van der Waals surface area contributed by atoms with E-state index in [1.807, 2.05) is 30.5 Å². The number of aromatic amines is 1. The number of H-pyrrole nitrogens is 1. The zero-order valence-electron chi connectivity index (χ0n) is 17.4. The van der Waals surface area contributed by atoms with Crippen LogP contribution in [0.5, 0.6) is 0 Å². The summed E-state index contributed by atoms with van der Waals surface area (Å²) < 4.78 is 38.8. The summed E-state index contributed by atoms with van der Waals surface area (Å²) in [6.45, 7) is 1.48. The van der Waals surface area contributed by atoms with Crippen molar-refractivity contribution < 1.29 is 18.0 Å². The number of aromatic nitrogens is 2. The summed E-state index contributed by atoms with van der Waals surface area (Å²) in [5.41, 5.74) is 3.88. The maximum Gasteiger partial charge on any atom is 0.416 e. The molecule has 0 radical (unpaired) electrons. The van der Waals surface area contributed by atoms with E-state index in [2.05, 4.69) is 25.5 Å². The van der Waals surface area contributed by atoms with E-state index in [-0.39, 0.29) is 5.69 Å². The molecule has 0 saturated carbocycles. The molecule has 6 nitrogen and oxygen atoms in total. The summed E-state index contributed by atoms with van der Waals surface area (Å²) in [4.78, 5) is 22.3. The van der Waals surface area contributed by atoms with Crippen LogP contribution in [0.1, 0.15) is 16.7 Å². The molecule has 0 spiro atoms. The summed E-state index contributed by atoms with van der Waals surface area (Å²) in [6.07, 6.45) is -0.0227. The van der Waals surface area contributed by atoms with E-state index < -0.39 is 17.8 Å². The van der Waals surface area contributed by atoms with E-state index in [4.69, 9.17) is 0 Å². The lowest BCUT2D eigenvalue weighted by atomic mass is 10.1. The van der Waals surface area contributed by atoms with Crippen LogP contribution in [0.3, 0.4) is 0 Å². The van der Waals surface area contributed by atoms with Crippen molar-refractivity contribution in [2.45, 2.75) is 19.1 Å². The molecule has 2 aromatic carbocycles. The molecule has 3 heterocycles. The van der Waals surface area contributed by atoms with Crippen molar-refractivity contribution in [2.75, 3.05) is 22.1 Å². The maximum atomic E-state index is 12.9. The van der Waals surface area contributed by atoms with Gasteiger partial charge >= 0.3 is 12.2 Å². The van der Waals surface area contributed by atoms with Crippen LogP contribution in [0.25, 0.3) is 11.0 Å². The number of alkyl halides is 3. The fourth-order valence-corrected chi connectivity index (χ4v) is 4.19. The van der Waals surface area contributed by atoms with Gasteiger partial charge in [-0.05, 0) is 54.4 Å². The third-order valence-corrected chi connectivity index (χ3v) is 5.72. The Morgan fingerprint density at radius 3 is 2.79 bits per heavy atom. The Bertz CT molecular complexity index is 1330. The number of anilines is 3. The first-order valence-corrected chi connectivity index (χ1v) is 10.4. The van der Waals surface area contributed by atoms with Gasteiger partial charge in [0.25, 0.3) is 0 Å². The standard InChI is InChI=1S/C24H20F3N5O/c25-24(26,27)16-4-1-5-17(12-16)30-23(33)31-20-7-2-8-21-19(20)9-11-32(21)14-15-13-29-22-18(15)6-3-10-28-22/h1-8,10,12-13H,9,11,14H2,(H,28,29)(H2,30,31,33). The highest BCUT2D eigenvalue weighted by Gasteiger charge is 2.30. The molecule has 0 saturated heterocycles. The monoisotopic (exact) mass is 451 g/mol. The Morgan fingerprint density at radius 1 is 1.09 bits per heavy atom. The number of nitrogens with one attached hydrogen (secondary N) is 3. The zero-order valence-corrected chi connectivity index (χ0v) is 17.4. The Kier molecular flexibility index (Phi) is 5.16. The molecule has 2 amide bonds. The minimum atomic E-state index is -4.47. The molecule has 2 aromatic heterocycles. The van der Waals surface area contributed by atoms with Crippen molar-refractivity contribution in [2.24, 2.45) is 0 Å². The Morgan fingerprint density at radius 2 is 1.94 bits per heavy atom. The normalized spacial score (nSPS) is 13.2. The van der Waals surface area contributed by atoms with Crippen molar-refractivity contribution in [3.05, 3.63) is 83.7 Å². The quantitative estimate of drug-likeness (QED) is 0.368.